The molecule has 1 aromatic heterocycles. The zero-order valence-corrected chi connectivity index (χ0v) is 11.2. The number of fused-ring (bicyclic) bond motifs is 1. The van der Waals surface area contributed by atoms with Gasteiger partial charge < -0.3 is 11.1 Å². The van der Waals surface area contributed by atoms with Gasteiger partial charge in [-0.15, -0.1) is 0 Å². The van der Waals surface area contributed by atoms with E-state index in [1.807, 2.05) is 19.2 Å². The van der Waals surface area contributed by atoms with Gasteiger partial charge in [0.05, 0.1) is 23.1 Å². The van der Waals surface area contributed by atoms with Crippen molar-refractivity contribution in [3.05, 3.63) is 27.3 Å². The van der Waals surface area contributed by atoms with E-state index in [9.17, 15) is 0 Å². The van der Waals surface area contributed by atoms with E-state index < -0.39 is 0 Å². The minimum atomic E-state index is 0.646. The Hall–Kier alpha value is -0.810. The highest BCUT2D eigenvalue weighted by Gasteiger charge is 2.09. The number of nitrogens with one attached hydrogen (secondary N) is 1. The molecule has 0 aliphatic rings. The van der Waals surface area contributed by atoms with E-state index in [0.717, 1.165) is 25.5 Å². The van der Waals surface area contributed by atoms with Crippen LogP contribution < -0.4 is 11.1 Å². The van der Waals surface area contributed by atoms with Gasteiger partial charge in [0.25, 0.3) is 0 Å². The molecule has 0 spiro atoms. The number of hydrogen-bond donors (Lipinski definition) is 2. The molecule has 3 nitrogen and oxygen atoms in total. The predicted molar refractivity (Wildman–Crippen MR) is 71.1 cm³/mol. The summed E-state index contributed by atoms with van der Waals surface area (Å²) in [5.41, 5.74) is 8.29. The zero-order valence-electron chi connectivity index (χ0n) is 8.01. The number of nitrogens with two attached hydrogens (primary N) is 1. The summed E-state index contributed by atoms with van der Waals surface area (Å²) in [5.74, 6) is 0. The number of aromatic nitrogens is 1. The van der Waals surface area contributed by atoms with Crippen LogP contribution in [0.25, 0.3) is 10.9 Å². The van der Waals surface area contributed by atoms with Gasteiger partial charge in [0, 0.05) is 21.4 Å². The molecule has 0 bridgehead atoms. The standard InChI is InChI=1S/C10H9Br2N3/c1-14-10-7(13)4-15-8-3-5(11)2-6(12)9(8)10/h2-4H,13H2,1H3,(H,14,15). The SMILES string of the molecule is CNc1c(N)cnc2cc(Br)cc(Br)c12. The summed E-state index contributed by atoms with van der Waals surface area (Å²) in [4.78, 5) is 4.29. The molecule has 0 atom stereocenters. The number of pyridine rings is 1. The molecule has 15 heavy (non-hydrogen) atoms. The minimum absolute atomic E-state index is 0.646. The molecule has 0 radical (unpaired) electrons. The third-order valence-corrected chi connectivity index (χ3v) is 3.25. The molecule has 0 aliphatic carbocycles. The lowest BCUT2D eigenvalue weighted by molar-refractivity contribution is 1.39. The molecule has 0 unspecified atom stereocenters. The highest BCUT2D eigenvalue weighted by Crippen LogP contribution is 2.35. The van der Waals surface area contributed by atoms with Crippen molar-refractivity contribution in [1.82, 2.24) is 4.98 Å². The van der Waals surface area contributed by atoms with Crippen LogP contribution in [0.4, 0.5) is 11.4 Å². The van der Waals surface area contributed by atoms with Gasteiger partial charge in [0.15, 0.2) is 0 Å². The van der Waals surface area contributed by atoms with Crippen LogP contribution in [0.1, 0.15) is 0 Å². The molecule has 0 amide bonds. The van der Waals surface area contributed by atoms with Crippen LogP contribution in [0.15, 0.2) is 27.3 Å². The maximum absolute atomic E-state index is 5.85. The van der Waals surface area contributed by atoms with Gasteiger partial charge >= 0.3 is 0 Å². The Labute approximate surface area is 104 Å². The summed E-state index contributed by atoms with van der Waals surface area (Å²) in [7, 11) is 1.85. The van der Waals surface area contributed by atoms with E-state index in [0.29, 0.717) is 5.69 Å². The van der Waals surface area contributed by atoms with Gasteiger partial charge in [-0.3, -0.25) is 4.98 Å². The van der Waals surface area contributed by atoms with Crippen LogP contribution in [-0.4, -0.2) is 12.0 Å². The van der Waals surface area contributed by atoms with Crippen LogP contribution in [0.2, 0.25) is 0 Å². The molecule has 2 aromatic rings. The first-order valence-electron chi connectivity index (χ1n) is 4.34. The highest BCUT2D eigenvalue weighted by atomic mass is 79.9. The van der Waals surface area contributed by atoms with Gasteiger partial charge in [-0.1, -0.05) is 15.9 Å². The van der Waals surface area contributed by atoms with Crippen molar-refractivity contribution in [3.63, 3.8) is 0 Å². The van der Waals surface area contributed by atoms with Gasteiger partial charge in [-0.25, -0.2) is 0 Å². The number of anilines is 2. The molecule has 1 aromatic carbocycles. The summed E-state index contributed by atoms with van der Waals surface area (Å²) in [6.45, 7) is 0. The van der Waals surface area contributed by atoms with Crippen LogP contribution >= 0.6 is 31.9 Å². The third-order valence-electron chi connectivity index (χ3n) is 2.17. The molecule has 3 N–H and O–H groups in total. The lowest BCUT2D eigenvalue weighted by Gasteiger charge is -2.10. The zero-order chi connectivity index (χ0) is 11.0. The lowest BCUT2D eigenvalue weighted by atomic mass is 10.1. The Balaban J connectivity index is 2.91. The van der Waals surface area contributed by atoms with Gasteiger partial charge in [-0.2, -0.15) is 0 Å². The van der Waals surface area contributed by atoms with E-state index in [1.54, 1.807) is 6.20 Å². The van der Waals surface area contributed by atoms with E-state index >= 15 is 0 Å². The molecule has 0 aliphatic heterocycles. The van der Waals surface area contributed by atoms with E-state index in [-0.39, 0.29) is 0 Å². The molecular weight excluding hydrogens is 322 g/mol. The fraction of sp³-hybridized carbons (Fsp3) is 0.100. The number of benzene rings is 1. The van der Waals surface area contributed by atoms with Crippen LogP contribution in [-0.2, 0) is 0 Å². The quantitative estimate of drug-likeness (QED) is 0.842. The number of rotatable bonds is 1. The number of nitrogen functional groups attached to an aromatic ring is 1. The van der Waals surface area contributed by atoms with E-state index in [4.69, 9.17) is 5.73 Å². The van der Waals surface area contributed by atoms with Gasteiger partial charge in [-0.05, 0) is 28.1 Å². The Bertz CT molecular complexity index is 526. The first kappa shape index (κ1) is 10.7. The normalized spacial score (nSPS) is 10.6. The smallest absolute Gasteiger partial charge is 0.0747 e. The molecule has 0 saturated carbocycles. The molecule has 2 rings (SSSR count). The summed E-state index contributed by atoms with van der Waals surface area (Å²) in [5, 5.41) is 4.09. The molecular formula is C10H9Br2N3. The fourth-order valence-electron chi connectivity index (χ4n) is 1.53. The second kappa shape index (κ2) is 3.98. The summed E-state index contributed by atoms with van der Waals surface area (Å²) >= 11 is 6.93. The Kier molecular flexibility index (Phi) is 2.84. The van der Waals surface area contributed by atoms with Gasteiger partial charge in [0.2, 0.25) is 0 Å². The number of nitrogens with zero attached hydrogens (tertiary/aromatic N) is 1. The first-order chi connectivity index (χ1) is 7.13. The van der Waals surface area contributed by atoms with Crippen LogP contribution in [0.5, 0.6) is 0 Å². The van der Waals surface area contributed by atoms with Crippen molar-refractivity contribution in [2.75, 3.05) is 18.1 Å². The maximum atomic E-state index is 5.85. The molecule has 78 valence electrons. The summed E-state index contributed by atoms with van der Waals surface area (Å²) < 4.78 is 1.96. The van der Waals surface area contributed by atoms with E-state index in [2.05, 4.69) is 42.2 Å². The highest BCUT2D eigenvalue weighted by molar-refractivity contribution is 9.11. The largest absolute Gasteiger partial charge is 0.396 e. The van der Waals surface area contributed by atoms with Crippen LogP contribution in [0.3, 0.4) is 0 Å². The first-order valence-corrected chi connectivity index (χ1v) is 5.93. The third kappa shape index (κ3) is 1.81. The van der Waals surface area contributed by atoms with E-state index in [1.165, 1.54) is 0 Å². The van der Waals surface area contributed by atoms with Crippen molar-refractivity contribution in [1.29, 1.82) is 0 Å². The van der Waals surface area contributed by atoms with Crippen molar-refractivity contribution in [2.45, 2.75) is 0 Å². The molecule has 0 saturated heterocycles. The van der Waals surface area contributed by atoms with Crippen molar-refractivity contribution >= 4 is 54.1 Å². The fourth-order valence-corrected chi connectivity index (χ4v) is 2.93. The van der Waals surface area contributed by atoms with Crippen molar-refractivity contribution < 1.29 is 0 Å². The predicted octanol–water partition coefficient (Wildman–Crippen LogP) is 3.38. The average molecular weight is 331 g/mol. The Morgan fingerprint density at radius 1 is 1.33 bits per heavy atom. The monoisotopic (exact) mass is 329 g/mol. The second-order valence-corrected chi connectivity index (χ2v) is 4.89. The molecule has 5 heteroatoms. The second-order valence-electron chi connectivity index (χ2n) is 3.12. The Morgan fingerprint density at radius 3 is 2.73 bits per heavy atom. The average Bonchev–Trinajstić information content (AvgIpc) is 2.18. The van der Waals surface area contributed by atoms with Crippen molar-refractivity contribution in [3.8, 4) is 0 Å². The molecule has 1 heterocycles. The Morgan fingerprint density at radius 2 is 2.07 bits per heavy atom. The lowest BCUT2D eigenvalue weighted by Crippen LogP contribution is -1.98. The summed E-state index contributed by atoms with van der Waals surface area (Å²) in [6, 6.07) is 3.94. The number of halogens is 2. The van der Waals surface area contributed by atoms with Crippen LogP contribution in [0, 0.1) is 0 Å². The van der Waals surface area contributed by atoms with Crippen molar-refractivity contribution in [2.24, 2.45) is 0 Å². The minimum Gasteiger partial charge on any atom is -0.396 e. The van der Waals surface area contributed by atoms with Gasteiger partial charge in [0.1, 0.15) is 0 Å². The maximum Gasteiger partial charge on any atom is 0.0747 e. The summed E-state index contributed by atoms with van der Waals surface area (Å²) in [6.07, 6.45) is 1.66. The topological polar surface area (TPSA) is 50.9 Å². The molecule has 0 fully saturated rings. The number of hydrogen-bond acceptors (Lipinski definition) is 3.